The van der Waals surface area contributed by atoms with Gasteiger partial charge in [-0.3, -0.25) is 4.79 Å². The number of aliphatic hydroxyl groups is 1. The maximum atomic E-state index is 11.8. The number of hydrogen-bond acceptors (Lipinski definition) is 3. The molecule has 18 heavy (non-hydrogen) atoms. The highest BCUT2D eigenvalue weighted by Crippen LogP contribution is 2.15. The summed E-state index contributed by atoms with van der Waals surface area (Å²) in [4.78, 5) is 13.6. The molecule has 2 N–H and O–H groups in total. The van der Waals surface area contributed by atoms with Crippen LogP contribution in [-0.2, 0) is 0 Å². The first kappa shape index (κ1) is 12.8. The van der Waals surface area contributed by atoms with Crippen molar-refractivity contribution >= 4 is 17.2 Å². The fraction of sp³-hybridized carbons (Fsp3) is 0.214. The fourth-order valence-corrected chi connectivity index (χ4v) is 2.41. The molecule has 1 heterocycles. The Morgan fingerprint density at radius 3 is 2.61 bits per heavy atom. The summed E-state index contributed by atoms with van der Waals surface area (Å²) in [6.07, 6.45) is -0.670. The maximum absolute atomic E-state index is 11.8. The lowest BCUT2D eigenvalue weighted by Crippen LogP contribution is -2.27. The molecule has 0 saturated heterocycles. The summed E-state index contributed by atoms with van der Waals surface area (Å²) < 4.78 is 0. The molecule has 2 rings (SSSR count). The van der Waals surface area contributed by atoms with Crippen molar-refractivity contribution in [2.45, 2.75) is 13.0 Å². The van der Waals surface area contributed by atoms with Gasteiger partial charge in [0, 0.05) is 11.4 Å². The van der Waals surface area contributed by atoms with Crippen LogP contribution in [0.25, 0.3) is 0 Å². The van der Waals surface area contributed by atoms with E-state index in [-0.39, 0.29) is 12.5 Å². The van der Waals surface area contributed by atoms with Gasteiger partial charge in [-0.2, -0.15) is 0 Å². The number of carbonyl (C=O) groups excluding carboxylic acids is 1. The number of rotatable bonds is 4. The summed E-state index contributed by atoms with van der Waals surface area (Å²) in [6.45, 7) is 2.18. The number of aryl methyl sites for hydroxylation is 1. The summed E-state index contributed by atoms with van der Waals surface area (Å²) in [7, 11) is 0. The highest BCUT2D eigenvalue weighted by Gasteiger charge is 2.11. The van der Waals surface area contributed by atoms with Gasteiger partial charge in [-0.25, -0.2) is 0 Å². The highest BCUT2D eigenvalue weighted by molar-refractivity contribution is 7.13. The van der Waals surface area contributed by atoms with Gasteiger partial charge in [-0.05, 0) is 24.6 Å². The van der Waals surface area contributed by atoms with E-state index in [4.69, 9.17) is 0 Å². The number of thiophene rings is 1. The lowest BCUT2D eigenvalue weighted by molar-refractivity contribution is 0.0920. The number of carbonyl (C=O) groups is 1. The third kappa shape index (κ3) is 3.18. The van der Waals surface area contributed by atoms with E-state index in [1.807, 2.05) is 43.3 Å². The topological polar surface area (TPSA) is 49.3 Å². The Morgan fingerprint density at radius 1 is 1.28 bits per heavy atom. The Labute approximate surface area is 110 Å². The number of benzene rings is 1. The average molecular weight is 261 g/mol. The third-order valence-corrected chi connectivity index (χ3v) is 3.60. The first-order valence-corrected chi connectivity index (χ1v) is 6.56. The first-order chi connectivity index (χ1) is 8.66. The molecular formula is C14H15NO2S. The Morgan fingerprint density at radius 2 is 2.00 bits per heavy atom. The van der Waals surface area contributed by atoms with Gasteiger partial charge in [-0.1, -0.05) is 30.3 Å². The van der Waals surface area contributed by atoms with Crippen LogP contribution in [-0.4, -0.2) is 17.6 Å². The zero-order valence-electron chi connectivity index (χ0n) is 10.1. The molecule has 1 aromatic carbocycles. The second-order valence-corrected chi connectivity index (χ2v) is 5.33. The van der Waals surface area contributed by atoms with Crippen molar-refractivity contribution in [1.82, 2.24) is 5.32 Å². The molecule has 3 nitrogen and oxygen atoms in total. The lowest BCUT2D eigenvalue weighted by Gasteiger charge is -2.11. The van der Waals surface area contributed by atoms with E-state index in [9.17, 15) is 9.90 Å². The monoisotopic (exact) mass is 261 g/mol. The molecule has 0 aliphatic rings. The molecule has 1 amide bonds. The predicted molar refractivity (Wildman–Crippen MR) is 72.8 cm³/mol. The second-order valence-electron chi connectivity index (χ2n) is 4.05. The van der Waals surface area contributed by atoms with Crippen LogP contribution < -0.4 is 5.32 Å². The molecule has 0 radical (unpaired) electrons. The molecule has 0 fully saturated rings. The Hall–Kier alpha value is -1.65. The molecule has 94 valence electrons. The van der Waals surface area contributed by atoms with E-state index in [0.29, 0.717) is 4.88 Å². The van der Waals surface area contributed by atoms with Gasteiger partial charge in [0.1, 0.15) is 0 Å². The average Bonchev–Trinajstić information content (AvgIpc) is 2.83. The van der Waals surface area contributed by atoms with E-state index < -0.39 is 6.10 Å². The standard InChI is InChI=1S/C14H15NO2S/c1-10-7-8-13(18-10)14(17)15-9-12(16)11-5-3-2-4-6-11/h2-8,12,16H,9H2,1H3,(H,15,17). The van der Waals surface area contributed by atoms with Crippen LogP contribution in [0.4, 0.5) is 0 Å². The molecule has 4 heteroatoms. The quantitative estimate of drug-likeness (QED) is 0.888. The molecule has 1 unspecified atom stereocenters. The van der Waals surface area contributed by atoms with Crippen LogP contribution in [0.3, 0.4) is 0 Å². The van der Waals surface area contributed by atoms with Gasteiger partial charge >= 0.3 is 0 Å². The smallest absolute Gasteiger partial charge is 0.261 e. The fourth-order valence-electron chi connectivity index (χ4n) is 1.63. The van der Waals surface area contributed by atoms with Crippen LogP contribution in [0.15, 0.2) is 42.5 Å². The molecule has 0 aliphatic heterocycles. The normalized spacial score (nSPS) is 12.1. The van der Waals surface area contributed by atoms with Crippen LogP contribution in [0.5, 0.6) is 0 Å². The molecule has 0 aliphatic carbocycles. The molecule has 0 saturated carbocycles. The van der Waals surface area contributed by atoms with Gasteiger partial charge in [0.15, 0.2) is 0 Å². The van der Waals surface area contributed by atoms with Gasteiger partial charge in [0.2, 0.25) is 0 Å². The molecule has 2 aromatic rings. The summed E-state index contributed by atoms with van der Waals surface area (Å²) in [5.74, 6) is -0.136. The van der Waals surface area contributed by atoms with Gasteiger partial charge < -0.3 is 10.4 Å². The van der Waals surface area contributed by atoms with Crippen LogP contribution in [0.2, 0.25) is 0 Å². The largest absolute Gasteiger partial charge is 0.387 e. The van der Waals surface area contributed by atoms with Gasteiger partial charge in [0.05, 0.1) is 11.0 Å². The van der Waals surface area contributed by atoms with Crippen molar-refractivity contribution in [2.24, 2.45) is 0 Å². The van der Waals surface area contributed by atoms with Crippen molar-refractivity contribution in [2.75, 3.05) is 6.54 Å². The third-order valence-electron chi connectivity index (χ3n) is 2.60. The summed E-state index contributed by atoms with van der Waals surface area (Å²) in [6, 6.07) is 13.0. The zero-order valence-corrected chi connectivity index (χ0v) is 10.9. The van der Waals surface area contributed by atoms with Crippen LogP contribution in [0.1, 0.15) is 26.2 Å². The second kappa shape index (κ2) is 5.80. The van der Waals surface area contributed by atoms with E-state index in [1.54, 1.807) is 6.07 Å². The van der Waals surface area contributed by atoms with Crippen molar-refractivity contribution in [3.05, 3.63) is 57.8 Å². The molecular weight excluding hydrogens is 246 g/mol. The minimum absolute atomic E-state index is 0.136. The molecule has 0 spiro atoms. The Bertz CT molecular complexity index is 522. The minimum Gasteiger partial charge on any atom is -0.387 e. The lowest BCUT2D eigenvalue weighted by atomic mass is 10.1. The first-order valence-electron chi connectivity index (χ1n) is 5.74. The van der Waals surface area contributed by atoms with Crippen molar-refractivity contribution in [3.63, 3.8) is 0 Å². The molecule has 1 aromatic heterocycles. The molecule has 1 atom stereocenters. The Balaban J connectivity index is 1.90. The van der Waals surface area contributed by atoms with Crippen LogP contribution in [0, 0.1) is 6.92 Å². The summed E-state index contributed by atoms with van der Waals surface area (Å²) in [5.41, 5.74) is 0.806. The van der Waals surface area contributed by atoms with E-state index in [0.717, 1.165) is 10.4 Å². The van der Waals surface area contributed by atoms with E-state index >= 15 is 0 Å². The van der Waals surface area contributed by atoms with Gasteiger partial charge in [-0.15, -0.1) is 11.3 Å². The zero-order chi connectivity index (χ0) is 13.0. The predicted octanol–water partition coefficient (Wildman–Crippen LogP) is 2.52. The number of nitrogens with one attached hydrogen (secondary N) is 1. The summed E-state index contributed by atoms with van der Waals surface area (Å²) in [5, 5.41) is 12.6. The van der Waals surface area contributed by atoms with E-state index in [2.05, 4.69) is 5.32 Å². The number of aliphatic hydroxyl groups excluding tert-OH is 1. The van der Waals surface area contributed by atoms with Crippen molar-refractivity contribution in [3.8, 4) is 0 Å². The van der Waals surface area contributed by atoms with E-state index in [1.165, 1.54) is 11.3 Å². The SMILES string of the molecule is Cc1ccc(C(=O)NCC(O)c2ccccc2)s1. The summed E-state index contributed by atoms with van der Waals surface area (Å²) >= 11 is 1.45. The van der Waals surface area contributed by atoms with Crippen molar-refractivity contribution < 1.29 is 9.90 Å². The number of amides is 1. The molecule has 0 bridgehead atoms. The van der Waals surface area contributed by atoms with Gasteiger partial charge in [0.25, 0.3) is 5.91 Å². The highest BCUT2D eigenvalue weighted by atomic mass is 32.1. The maximum Gasteiger partial charge on any atom is 0.261 e. The minimum atomic E-state index is -0.670. The number of hydrogen-bond donors (Lipinski definition) is 2. The Kier molecular flexibility index (Phi) is 4.12. The van der Waals surface area contributed by atoms with Crippen molar-refractivity contribution in [1.29, 1.82) is 0 Å². The van der Waals surface area contributed by atoms with Crippen LogP contribution >= 0.6 is 11.3 Å².